The molecule has 4 nitrogen and oxygen atoms in total. The summed E-state index contributed by atoms with van der Waals surface area (Å²) in [6.07, 6.45) is 4.00. The van der Waals surface area contributed by atoms with Gasteiger partial charge in [-0.05, 0) is 43.0 Å². The maximum Gasteiger partial charge on any atom is 0.227 e. The molecule has 1 aromatic rings. The molecular formula is C17H25NO3S. The van der Waals surface area contributed by atoms with Crippen LogP contribution in [0.2, 0.25) is 0 Å². The summed E-state index contributed by atoms with van der Waals surface area (Å²) >= 11 is 1.66. The molecule has 2 aliphatic heterocycles. The minimum atomic E-state index is 0.244. The van der Waals surface area contributed by atoms with Gasteiger partial charge < -0.3 is 14.4 Å². The highest BCUT2D eigenvalue weighted by atomic mass is 32.1. The number of amides is 1. The highest BCUT2D eigenvalue weighted by molar-refractivity contribution is 7.10. The summed E-state index contributed by atoms with van der Waals surface area (Å²) < 4.78 is 11.4. The maximum absolute atomic E-state index is 12.4. The molecule has 0 saturated carbocycles. The summed E-state index contributed by atoms with van der Waals surface area (Å²) in [6.45, 7) is 6.04. The Hall–Kier alpha value is -0.910. The molecule has 1 spiro atoms. The van der Waals surface area contributed by atoms with Crippen LogP contribution in [-0.4, -0.2) is 49.8 Å². The number of carbonyl (C=O) groups excluding carboxylic acids is 1. The Morgan fingerprint density at radius 3 is 3.00 bits per heavy atom. The van der Waals surface area contributed by atoms with Crippen LogP contribution >= 0.6 is 11.3 Å². The molecular weight excluding hydrogens is 298 g/mol. The minimum absolute atomic E-state index is 0.244. The predicted octanol–water partition coefficient (Wildman–Crippen LogP) is 2.72. The van der Waals surface area contributed by atoms with Crippen molar-refractivity contribution in [2.75, 3.05) is 32.9 Å². The van der Waals surface area contributed by atoms with Crippen LogP contribution in [0.4, 0.5) is 0 Å². The summed E-state index contributed by atoms with van der Waals surface area (Å²) in [5.41, 5.74) is 0.279. The fourth-order valence-electron chi connectivity index (χ4n) is 3.50. The first-order valence-corrected chi connectivity index (χ1v) is 9.08. The molecule has 122 valence electrons. The standard InChI is InChI=1S/C17H25NO3S/c1-2-20-12-14-11-17(13-21-14)5-7-18(8-6-17)16(19)10-15-4-3-9-22-15/h3-4,9,14H,2,5-8,10-13H2,1H3/t14-/m1/s1. The minimum Gasteiger partial charge on any atom is -0.379 e. The van der Waals surface area contributed by atoms with Crippen molar-refractivity contribution in [1.29, 1.82) is 0 Å². The zero-order valence-electron chi connectivity index (χ0n) is 13.3. The van der Waals surface area contributed by atoms with Crippen LogP contribution < -0.4 is 0 Å². The van der Waals surface area contributed by atoms with Crippen LogP contribution in [0.25, 0.3) is 0 Å². The van der Waals surface area contributed by atoms with Crippen LogP contribution in [-0.2, 0) is 20.7 Å². The van der Waals surface area contributed by atoms with E-state index in [2.05, 4.69) is 0 Å². The first kappa shape index (κ1) is 16.0. The van der Waals surface area contributed by atoms with E-state index in [9.17, 15) is 4.79 Å². The molecule has 22 heavy (non-hydrogen) atoms. The summed E-state index contributed by atoms with van der Waals surface area (Å²) in [5.74, 6) is 0.266. The van der Waals surface area contributed by atoms with E-state index in [1.54, 1.807) is 11.3 Å². The highest BCUT2D eigenvalue weighted by Crippen LogP contribution is 2.42. The van der Waals surface area contributed by atoms with Gasteiger partial charge in [-0.1, -0.05) is 6.07 Å². The van der Waals surface area contributed by atoms with E-state index in [1.165, 1.54) is 0 Å². The van der Waals surface area contributed by atoms with Crippen LogP contribution in [0.3, 0.4) is 0 Å². The lowest BCUT2D eigenvalue weighted by atomic mass is 9.76. The molecule has 1 amide bonds. The number of nitrogens with zero attached hydrogens (tertiary/aromatic N) is 1. The van der Waals surface area contributed by atoms with E-state index in [4.69, 9.17) is 9.47 Å². The van der Waals surface area contributed by atoms with Crippen molar-refractivity contribution < 1.29 is 14.3 Å². The normalized spacial score (nSPS) is 24.0. The van der Waals surface area contributed by atoms with Crippen molar-refractivity contribution >= 4 is 17.2 Å². The number of rotatable bonds is 5. The Bertz CT molecular complexity index is 480. The fourth-order valence-corrected chi connectivity index (χ4v) is 4.20. The third-order valence-corrected chi connectivity index (χ3v) is 5.75. The molecule has 2 saturated heterocycles. The second-order valence-corrected chi connectivity index (χ2v) is 7.47. The molecule has 0 unspecified atom stereocenters. The molecule has 1 aromatic heterocycles. The number of thiophene rings is 1. The molecule has 1 atom stereocenters. The Balaban J connectivity index is 1.47. The van der Waals surface area contributed by atoms with E-state index in [0.29, 0.717) is 13.0 Å². The molecule has 0 bridgehead atoms. The van der Waals surface area contributed by atoms with Crippen molar-refractivity contribution in [1.82, 2.24) is 4.90 Å². The number of carbonyl (C=O) groups is 1. The number of piperidine rings is 1. The van der Waals surface area contributed by atoms with Gasteiger partial charge in [0.1, 0.15) is 0 Å². The number of likely N-dealkylation sites (tertiary alicyclic amines) is 1. The first-order chi connectivity index (χ1) is 10.7. The second kappa shape index (κ2) is 7.11. The molecule has 0 radical (unpaired) electrons. The summed E-state index contributed by atoms with van der Waals surface area (Å²) in [5, 5.41) is 2.03. The van der Waals surface area contributed by atoms with E-state index < -0.39 is 0 Å². The Morgan fingerprint density at radius 1 is 1.50 bits per heavy atom. The van der Waals surface area contributed by atoms with E-state index in [-0.39, 0.29) is 17.4 Å². The molecule has 3 heterocycles. The van der Waals surface area contributed by atoms with Crippen LogP contribution in [0.5, 0.6) is 0 Å². The summed E-state index contributed by atoms with van der Waals surface area (Å²) in [6, 6.07) is 4.05. The van der Waals surface area contributed by atoms with Gasteiger partial charge in [-0.2, -0.15) is 0 Å². The molecule has 3 rings (SSSR count). The third-order valence-electron chi connectivity index (χ3n) is 4.88. The van der Waals surface area contributed by atoms with Gasteiger partial charge in [0.2, 0.25) is 5.91 Å². The van der Waals surface area contributed by atoms with Gasteiger partial charge in [-0.15, -0.1) is 11.3 Å². The van der Waals surface area contributed by atoms with Crippen molar-refractivity contribution in [3.63, 3.8) is 0 Å². The molecule has 2 aliphatic rings. The van der Waals surface area contributed by atoms with Crippen LogP contribution in [0.15, 0.2) is 17.5 Å². The molecule has 2 fully saturated rings. The molecule has 5 heteroatoms. The SMILES string of the molecule is CCOC[C@H]1CC2(CCN(C(=O)Cc3cccs3)CC2)CO1. The van der Waals surface area contributed by atoms with Gasteiger partial charge in [0.25, 0.3) is 0 Å². The van der Waals surface area contributed by atoms with E-state index in [0.717, 1.165) is 50.4 Å². The van der Waals surface area contributed by atoms with Crippen molar-refractivity contribution in [3.8, 4) is 0 Å². The molecule has 0 N–H and O–H groups in total. The van der Waals surface area contributed by atoms with Gasteiger partial charge in [-0.3, -0.25) is 4.79 Å². The van der Waals surface area contributed by atoms with E-state index in [1.807, 2.05) is 29.3 Å². The Kier molecular flexibility index (Phi) is 5.16. The smallest absolute Gasteiger partial charge is 0.227 e. The predicted molar refractivity (Wildman–Crippen MR) is 87.1 cm³/mol. The summed E-state index contributed by atoms with van der Waals surface area (Å²) in [7, 11) is 0. The van der Waals surface area contributed by atoms with E-state index >= 15 is 0 Å². The lowest BCUT2D eigenvalue weighted by molar-refractivity contribution is -0.132. The lowest BCUT2D eigenvalue weighted by Crippen LogP contribution is -2.44. The van der Waals surface area contributed by atoms with Crippen molar-refractivity contribution in [3.05, 3.63) is 22.4 Å². The molecule has 0 aromatic carbocycles. The topological polar surface area (TPSA) is 38.8 Å². The van der Waals surface area contributed by atoms with Crippen LogP contribution in [0.1, 0.15) is 31.1 Å². The lowest BCUT2D eigenvalue weighted by Gasteiger charge is -2.38. The first-order valence-electron chi connectivity index (χ1n) is 8.20. The van der Waals surface area contributed by atoms with Gasteiger partial charge in [0.05, 0.1) is 25.7 Å². The highest BCUT2D eigenvalue weighted by Gasteiger charge is 2.42. The fraction of sp³-hybridized carbons (Fsp3) is 0.706. The van der Waals surface area contributed by atoms with Crippen molar-refractivity contribution in [2.45, 2.75) is 38.7 Å². The van der Waals surface area contributed by atoms with Gasteiger partial charge in [0.15, 0.2) is 0 Å². The average molecular weight is 323 g/mol. The Morgan fingerprint density at radius 2 is 2.32 bits per heavy atom. The number of hydrogen-bond donors (Lipinski definition) is 0. The quantitative estimate of drug-likeness (QED) is 0.836. The van der Waals surface area contributed by atoms with Gasteiger partial charge in [-0.25, -0.2) is 0 Å². The zero-order valence-corrected chi connectivity index (χ0v) is 14.1. The van der Waals surface area contributed by atoms with Crippen molar-refractivity contribution in [2.24, 2.45) is 5.41 Å². The molecule has 0 aliphatic carbocycles. The second-order valence-electron chi connectivity index (χ2n) is 6.43. The largest absolute Gasteiger partial charge is 0.379 e. The maximum atomic E-state index is 12.4. The monoisotopic (exact) mass is 323 g/mol. The summed E-state index contributed by atoms with van der Waals surface area (Å²) in [4.78, 5) is 15.5. The van der Waals surface area contributed by atoms with Gasteiger partial charge >= 0.3 is 0 Å². The number of ether oxygens (including phenoxy) is 2. The number of hydrogen-bond acceptors (Lipinski definition) is 4. The Labute approximate surface area is 136 Å². The third kappa shape index (κ3) is 3.70. The average Bonchev–Trinajstić information content (AvgIpc) is 3.16. The van der Waals surface area contributed by atoms with Gasteiger partial charge in [0, 0.05) is 24.6 Å². The van der Waals surface area contributed by atoms with Crippen LogP contribution in [0, 0.1) is 5.41 Å². The zero-order chi connectivity index (χ0) is 15.4.